The molecule has 6 nitrogen and oxygen atoms in total. The molecule has 0 aromatic heterocycles. The van der Waals surface area contributed by atoms with E-state index in [1.165, 1.54) is 65.2 Å². The average molecular weight is 551 g/mol. The van der Waals surface area contributed by atoms with E-state index in [2.05, 4.69) is 13.8 Å². The van der Waals surface area contributed by atoms with Gasteiger partial charge in [0, 0.05) is 35.4 Å². The maximum absolute atomic E-state index is 12.1. The first kappa shape index (κ1) is 31.3. The molecule has 218 valence electrons. The monoisotopic (exact) mass is 550 g/mol. The molecule has 0 heterocycles. The van der Waals surface area contributed by atoms with Gasteiger partial charge in [-0.1, -0.05) is 78.1 Å². The van der Waals surface area contributed by atoms with Crippen LogP contribution in [0.25, 0.3) is 21.5 Å². The van der Waals surface area contributed by atoms with Gasteiger partial charge in [-0.15, -0.1) is 0 Å². The normalized spacial score (nSPS) is 11.1. The molecule has 0 unspecified atom stereocenters. The van der Waals surface area contributed by atoms with Crippen molar-refractivity contribution in [2.75, 3.05) is 13.2 Å². The largest absolute Gasteiger partial charge is 0.494 e. The van der Waals surface area contributed by atoms with Crippen LogP contribution in [0.3, 0.4) is 0 Å². The van der Waals surface area contributed by atoms with Crippen LogP contribution in [0.5, 0.6) is 23.0 Å². The summed E-state index contributed by atoms with van der Waals surface area (Å²) >= 11 is 0. The zero-order valence-electron chi connectivity index (χ0n) is 24.8. The minimum atomic E-state index is -0.426. The standard InChI is InChI=1S/C34H46O6/c1-5-7-9-11-13-15-21-37-27-17-19-29-31(23-27)33(39-25(3)35)30-20-18-28(24-32(30)34(29)40-26(4)36)38-22-16-14-12-10-8-6-2/h17-20,23-24H,5-16,21-22H2,1-4H3. The van der Waals surface area contributed by atoms with E-state index in [4.69, 9.17) is 18.9 Å². The highest BCUT2D eigenvalue weighted by atomic mass is 16.5. The quantitative estimate of drug-likeness (QED) is 0.0680. The summed E-state index contributed by atoms with van der Waals surface area (Å²) in [5.74, 6) is 1.35. The van der Waals surface area contributed by atoms with Crippen LogP contribution < -0.4 is 18.9 Å². The summed E-state index contributed by atoms with van der Waals surface area (Å²) in [5, 5.41) is 2.64. The minimum Gasteiger partial charge on any atom is -0.494 e. The Morgan fingerprint density at radius 1 is 0.525 bits per heavy atom. The van der Waals surface area contributed by atoms with Gasteiger partial charge in [-0.3, -0.25) is 9.59 Å². The van der Waals surface area contributed by atoms with Crippen molar-refractivity contribution in [1.82, 2.24) is 0 Å². The van der Waals surface area contributed by atoms with Crippen LogP contribution >= 0.6 is 0 Å². The first-order valence-corrected chi connectivity index (χ1v) is 15.1. The lowest BCUT2D eigenvalue weighted by Crippen LogP contribution is -2.06. The summed E-state index contributed by atoms with van der Waals surface area (Å²) in [6.45, 7) is 8.43. The van der Waals surface area contributed by atoms with Gasteiger partial charge in [-0.25, -0.2) is 0 Å². The fourth-order valence-corrected chi connectivity index (χ4v) is 4.94. The summed E-state index contributed by atoms with van der Waals surface area (Å²) in [7, 11) is 0. The van der Waals surface area contributed by atoms with E-state index in [1.54, 1.807) is 0 Å². The third kappa shape index (κ3) is 9.42. The van der Waals surface area contributed by atoms with E-state index in [0.717, 1.165) is 25.7 Å². The summed E-state index contributed by atoms with van der Waals surface area (Å²) in [6.07, 6.45) is 14.2. The molecule has 0 aliphatic heterocycles. The lowest BCUT2D eigenvalue weighted by atomic mass is 9.99. The van der Waals surface area contributed by atoms with Crippen molar-refractivity contribution in [3.8, 4) is 23.0 Å². The van der Waals surface area contributed by atoms with Crippen molar-refractivity contribution >= 4 is 33.5 Å². The Kier molecular flexibility index (Phi) is 13.1. The second kappa shape index (κ2) is 16.7. The van der Waals surface area contributed by atoms with E-state index in [0.29, 0.717) is 57.8 Å². The number of unbranched alkanes of at least 4 members (excludes halogenated alkanes) is 10. The molecular formula is C34H46O6. The van der Waals surface area contributed by atoms with Gasteiger partial charge in [0.1, 0.15) is 23.0 Å². The number of carbonyl (C=O) groups excluding carboxylic acids is 2. The highest BCUT2D eigenvalue weighted by Crippen LogP contribution is 2.45. The number of ether oxygens (including phenoxy) is 4. The highest BCUT2D eigenvalue weighted by Gasteiger charge is 2.20. The van der Waals surface area contributed by atoms with E-state index >= 15 is 0 Å². The second-order valence-electron chi connectivity index (χ2n) is 10.5. The van der Waals surface area contributed by atoms with Crippen LogP contribution in [0, 0.1) is 0 Å². The van der Waals surface area contributed by atoms with Gasteiger partial charge in [0.2, 0.25) is 0 Å². The first-order chi connectivity index (χ1) is 19.4. The van der Waals surface area contributed by atoms with Gasteiger partial charge in [-0.2, -0.15) is 0 Å². The summed E-state index contributed by atoms with van der Waals surface area (Å²) in [4.78, 5) is 24.3. The molecule has 6 heteroatoms. The zero-order chi connectivity index (χ0) is 28.7. The third-order valence-corrected chi connectivity index (χ3v) is 6.99. The topological polar surface area (TPSA) is 71.1 Å². The Balaban J connectivity index is 1.89. The van der Waals surface area contributed by atoms with Gasteiger partial charge in [0.05, 0.1) is 13.2 Å². The van der Waals surface area contributed by atoms with Gasteiger partial charge < -0.3 is 18.9 Å². The number of hydrogen-bond donors (Lipinski definition) is 0. The molecule has 0 fully saturated rings. The van der Waals surface area contributed by atoms with Crippen LogP contribution in [-0.2, 0) is 9.59 Å². The fourth-order valence-electron chi connectivity index (χ4n) is 4.94. The molecule has 3 aromatic carbocycles. The van der Waals surface area contributed by atoms with Crippen molar-refractivity contribution in [2.45, 2.75) is 105 Å². The average Bonchev–Trinajstić information content (AvgIpc) is 2.93. The van der Waals surface area contributed by atoms with Crippen molar-refractivity contribution in [3.05, 3.63) is 36.4 Å². The molecule has 0 aliphatic rings. The van der Waals surface area contributed by atoms with Crippen molar-refractivity contribution in [1.29, 1.82) is 0 Å². The molecule has 40 heavy (non-hydrogen) atoms. The number of esters is 2. The number of hydrogen-bond acceptors (Lipinski definition) is 6. The molecule has 0 saturated carbocycles. The molecule has 3 aromatic rings. The van der Waals surface area contributed by atoms with Crippen molar-refractivity contribution < 1.29 is 28.5 Å². The molecule has 0 bridgehead atoms. The highest BCUT2D eigenvalue weighted by molar-refractivity contribution is 6.13. The number of carbonyl (C=O) groups is 2. The lowest BCUT2D eigenvalue weighted by Gasteiger charge is -2.17. The van der Waals surface area contributed by atoms with Gasteiger partial charge in [0.15, 0.2) is 0 Å². The van der Waals surface area contributed by atoms with Crippen LogP contribution in [0.1, 0.15) is 105 Å². The number of fused-ring (bicyclic) bond motifs is 2. The van der Waals surface area contributed by atoms with E-state index < -0.39 is 11.9 Å². The van der Waals surface area contributed by atoms with Gasteiger partial charge >= 0.3 is 11.9 Å². The first-order valence-electron chi connectivity index (χ1n) is 15.1. The molecule has 3 rings (SSSR count). The Labute approximate surface area is 239 Å². The Morgan fingerprint density at radius 2 is 0.900 bits per heavy atom. The maximum Gasteiger partial charge on any atom is 0.308 e. The predicted molar refractivity (Wildman–Crippen MR) is 162 cm³/mol. The van der Waals surface area contributed by atoms with E-state index in [-0.39, 0.29) is 0 Å². The smallest absolute Gasteiger partial charge is 0.308 e. The molecule has 0 aliphatic carbocycles. The maximum atomic E-state index is 12.1. The summed E-state index contributed by atoms with van der Waals surface area (Å²) in [5.41, 5.74) is 0. The Bertz CT molecular complexity index is 1150. The molecule has 0 atom stereocenters. The molecule has 0 saturated heterocycles. The summed E-state index contributed by atoms with van der Waals surface area (Å²) < 4.78 is 23.6. The molecule has 0 amide bonds. The van der Waals surface area contributed by atoms with E-state index in [1.807, 2.05) is 36.4 Å². The SMILES string of the molecule is CCCCCCCCOc1ccc2c(OC(C)=O)c3cc(OCCCCCCCC)ccc3c(OC(C)=O)c2c1. The van der Waals surface area contributed by atoms with Crippen LogP contribution in [0.4, 0.5) is 0 Å². The second-order valence-corrected chi connectivity index (χ2v) is 10.5. The van der Waals surface area contributed by atoms with E-state index in [9.17, 15) is 9.59 Å². The summed E-state index contributed by atoms with van der Waals surface area (Å²) in [6, 6.07) is 11.2. The number of benzene rings is 3. The minimum absolute atomic E-state index is 0.417. The van der Waals surface area contributed by atoms with Crippen molar-refractivity contribution in [2.24, 2.45) is 0 Å². The van der Waals surface area contributed by atoms with Gasteiger partial charge in [-0.05, 0) is 49.2 Å². The molecule has 0 N–H and O–H groups in total. The van der Waals surface area contributed by atoms with Crippen LogP contribution in [0.15, 0.2) is 36.4 Å². The lowest BCUT2D eigenvalue weighted by molar-refractivity contribution is -0.132. The van der Waals surface area contributed by atoms with Crippen LogP contribution in [0.2, 0.25) is 0 Å². The molecule has 0 spiro atoms. The predicted octanol–water partition coefficient (Wildman–Crippen LogP) is 9.32. The third-order valence-electron chi connectivity index (χ3n) is 6.99. The molecule has 0 radical (unpaired) electrons. The molecular weight excluding hydrogens is 504 g/mol. The number of rotatable bonds is 18. The van der Waals surface area contributed by atoms with Crippen molar-refractivity contribution in [3.63, 3.8) is 0 Å². The Morgan fingerprint density at radius 3 is 1.27 bits per heavy atom. The Hall–Kier alpha value is -3.28. The zero-order valence-corrected chi connectivity index (χ0v) is 24.8. The van der Waals surface area contributed by atoms with Crippen LogP contribution in [-0.4, -0.2) is 25.2 Å². The fraction of sp³-hybridized carbons (Fsp3) is 0.529. The van der Waals surface area contributed by atoms with Gasteiger partial charge in [0.25, 0.3) is 0 Å².